The second-order valence-electron chi connectivity index (χ2n) is 5.86. The first-order valence-electron chi connectivity index (χ1n) is 7.14. The van der Waals surface area contributed by atoms with Gasteiger partial charge in [0.15, 0.2) is 5.17 Å². The highest BCUT2D eigenvalue weighted by Gasteiger charge is 2.31. The smallest absolute Gasteiger partial charge is 0.157 e. The summed E-state index contributed by atoms with van der Waals surface area (Å²) in [5.74, 6) is 2.09. The highest BCUT2D eigenvalue weighted by atomic mass is 32.2. The Balaban J connectivity index is 1.92. The molecule has 98 valence electrons. The maximum atomic E-state index is 4.95. The number of hydrogen-bond donors (Lipinski definition) is 1. The minimum Gasteiger partial charge on any atom is -0.359 e. The number of aliphatic imine (C=N–C) groups is 1. The molecule has 1 aliphatic heterocycles. The van der Waals surface area contributed by atoms with E-state index in [0.29, 0.717) is 6.04 Å². The van der Waals surface area contributed by atoms with Crippen molar-refractivity contribution in [1.82, 2.24) is 5.32 Å². The highest BCUT2D eigenvalue weighted by molar-refractivity contribution is 8.14. The Bertz CT molecular complexity index is 290. The first-order chi connectivity index (χ1) is 8.15. The van der Waals surface area contributed by atoms with Crippen LogP contribution in [-0.2, 0) is 0 Å². The van der Waals surface area contributed by atoms with Gasteiger partial charge in [0.25, 0.3) is 0 Å². The van der Waals surface area contributed by atoms with Gasteiger partial charge in [-0.25, -0.2) is 0 Å². The molecule has 3 unspecified atom stereocenters. The Morgan fingerprint density at radius 2 is 2.24 bits per heavy atom. The lowest BCUT2D eigenvalue weighted by atomic mass is 9.84. The van der Waals surface area contributed by atoms with Crippen molar-refractivity contribution in [3.8, 4) is 0 Å². The van der Waals surface area contributed by atoms with Crippen LogP contribution >= 0.6 is 11.8 Å². The molecule has 2 aliphatic rings. The van der Waals surface area contributed by atoms with Gasteiger partial charge in [0.05, 0.1) is 6.04 Å². The minimum atomic E-state index is 0.280. The summed E-state index contributed by atoms with van der Waals surface area (Å²) >= 11 is 1.92. The molecule has 1 aliphatic carbocycles. The maximum Gasteiger partial charge on any atom is 0.157 e. The van der Waals surface area contributed by atoms with Crippen LogP contribution in [0.4, 0.5) is 0 Å². The zero-order valence-electron chi connectivity index (χ0n) is 11.5. The van der Waals surface area contributed by atoms with Crippen LogP contribution in [0, 0.1) is 5.92 Å². The molecule has 0 bridgehead atoms. The summed E-state index contributed by atoms with van der Waals surface area (Å²) in [6.45, 7) is 6.87. The van der Waals surface area contributed by atoms with Crippen LogP contribution in [0.25, 0.3) is 0 Å². The fourth-order valence-electron chi connectivity index (χ4n) is 2.73. The van der Waals surface area contributed by atoms with Gasteiger partial charge < -0.3 is 5.32 Å². The van der Waals surface area contributed by atoms with E-state index in [9.17, 15) is 0 Å². The predicted molar refractivity (Wildman–Crippen MR) is 77.8 cm³/mol. The van der Waals surface area contributed by atoms with Crippen LogP contribution in [0.2, 0.25) is 0 Å². The average Bonchev–Trinajstić information content (AvgIpc) is 2.72. The Hall–Kier alpha value is -0.180. The molecule has 0 aromatic heterocycles. The van der Waals surface area contributed by atoms with Crippen molar-refractivity contribution in [3.63, 3.8) is 0 Å². The summed E-state index contributed by atoms with van der Waals surface area (Å²) in [6, 6.07) is 0.586. The fraction of sp³-hybridized carbons (Fsp3) is 0.929. The van der Waals surface area contributed by atoms with E-state index in [1.54, 1.807) is 0 Å². The van der Waals surface area contributed by atoms with E-state index >= 15 is 0 Å². The second-order valence-corrected chi connectivity index (χ2v) is 6.82. The van der Waals surface area contributed by atoms with E-state index in [2.05, 4.69) is 26.1 Å². The van der Waals surface area contributed by atoms with Gasteiger partial charge in [-0.05, 0) is 32.1 Å². The molecule has 2 nitrogen and oxygen atoms in total. The third kappa shape index (κ3) is 3.40. The lowest BCUT2D eigenvalue weighted by Crippen LogP contribution is -2.40. The van der Waals surface area contributed by atoms with Crippen molar-refractivity contribution in [2.75, 3.05) is 5.75 Å². The molecule has 0 amide bonds. The number of nitrogens with zero attached hydrogens (tertiary/aromatic N) is 1. The van der Waals surface area contributed by atoms with Gasteiger partial charge in [-0.1, -0.05) is 44.9 Å². The monoisotopic (exact) mass is 254 g/mol. The number of amidine groups is 1. The second kappa shape index (κ2) is 5.64. The van der Waals surface area contributed by atoms with Crippen LogP contribution in [0.15, 0.2) is 4.99 Å². The molecule has 3 heteroatoms. The first-order valence-corrected chi connectivity index (χ1v) is 8.12. The van der Waals surface area contributed by atoms with Gasteiger partial charge in [-0.15, -0.1) is 0 Å². The molecule has 1 heterocycles. The molecule has 0 spiro atoms. The van der Waals surface area contributed by atoms with Crippen molar-refractivity contribution in [2.45, 2.75) is 70.9 Å². The van der Waals surface area contributed by atoms with Crippen molar-refractivity contribution in [2.24, 2.45) is 10.9 Å². The lowest BCUT2D eigenvalue weighted by Gasteiger charge is -2.26. The van der Waals surface area contributed by atoms with E-state index in [4.69, 9.17) is 4.99 Å². The molecule has 2 fully saturated rings. The SMILES string of the molecule is CCC1CCCC(N=C2NC(C)(CC)CS2)C1. The number of rotatable bonds is 3. The quantitative estimate of drug-likeness (QED) is 0.828. The van der Waals surface area contributed by atoms with E-state index < -0.39 is 0 Å². The van der Waals surface area contributed by atoms with E-state index in [1.807, 2.05) is 11.8 Å². The number of hydrogen-bond acceptors (Lipinski definition) is 2. The van der Waals surface area contributed by atoms with Crippen molar-refractivity contribution >= 4 is 16.9 Å². The van der Waals surface area contributed by atoms with Crippen LogP contribution < -0.4 is 5.32 Å². The highest BCUT2D eigenvalue weighted by Crippen LogP contribution is 2.31. The summed E-state index contributed by atoms with van der Waals surface area (Å²) in [5.41, 5.74) is 0.280. The van der Waals surface area contributed by atoms with Crippen molar-refractivity contribution < 1.29 is 0 Å². The average molecular weight is 254 g/mol. The molecular formula is C14H26N2S. The predicted octanol–water partition coefficient (Wildman–Crippen LogP) is 3.82. The molecule has 0 aromatic rings. The number of thioether (sulfide) groups is 1. The van der Waals surface area contributed by atoms with Crippen molar-refractivity contribution in [3.05, 3.63) is 0 Å². The largest absolute Gasteiger partial charge is 0.359 e. The van der Waals surface area contributed by atoms with Crippen molar-refractivity contribution in [1.29, 1.82) is 0 Å². The van der Waals surface area contributed by atoms with Crippen LogP contribution in [0.5, 0.6) is 0 Å². The zero-order chi connectivity index (χ0) is 12.3. The van der Waals surface area contributed by atoms with Gasteiger partial charge in [0.1, 0.15) is 0 Å². The summed E-state index contributed by atoms with van der Waals surface area (Å²) < 4.78 is 0. The lowest BCUT2D eigenvalue weighted by molar-refractivity contribution is 0.316. The Morgan fingerprint density at radius 3 is 2.88 bits per heavy atom. The molecule has 0 aromatic carbocycles. The van der Waals surface area contributed by atoms with Gasteiger partial charge in [-0.2, -0.15) is 0 Å². The minimum absolute atomic E-state index is 0.280. The van der Waals surface area contributed by atoms with E-state index in [-0.39, 0.29) is 5.54 Å². The van der Waals surface area contributed by atoms with Gasteiger partial charge in [0.2, 0.25) is 0 Å². The standard InChI is InChI=1S/C14H26N2S/c1-4-11-7-6-8-12(9-11)15-13-16-14(3,5-2)10-17-13/h11-12H,4-10H2,1-3H3,(H,15,16). The topological polar surface area (TPSA) is 24.4 Å². The summed E-state index contributed by atoms with van der Waals surface area (Å²) in [7, 11) is 0. The molecule has 0 radical (unpaired) electrons. The molecule has 1 saturated carbocycles. The van der Waals surface area contributed by atoms with Gasteiger partial charge in [-0.3, -0.25) is 4.99 Å². The molecule has 17 heavy (non-hydrogen) atoms. The van der Waals surface area contributed by atoms with Gasteiger partial charge >= 0.3 is 0 Å². The van der Waals surface area contributed by atoms with Crippen LogP contribution in [0.1, 0.15) is 59.3 Å². The van der Waals surface area contributed by atoms with E-state index in [1.165, 1.54) is 49.4 Å². The third-order valence-electron chi connectivity index (χ3n) is 4.35. The summed E-state index contributed by atoms with van der Waals surface area (Å²) in [4.78, 5) is 4.95. The Labute approximate surface area is 110 Å². The van der Waals surface area contributed by atoms with E-state index in [0.717, 1.165) is 5.92 Å². The molecule has 1 N–H and O–H groups in total. The van der Waals surface area contributed by atoms with Crippen LogP contribution in [-0.4, -0.2) is 22.5 Å². The number of nitrogens with one attached hydrogen (secondary N) is 1. The third-order valence-corrected chi connectivity index (χ3v) is 5.61. The Morgan fingerprint density at radius 1 is 1.41 bits per heavy atom. The molecule has 1 saturated heterocycles. The maximum absolute atomic E-state index is 4.95. The summed E-state index contributed by atoms with van der Waals surface area (Å²) in [6.07, 6.45) is 7.91. The molecule has 3 atom stereocenters. The molecule has 2 rings (SSSR count). The van der Waals surface area contributed by atoms with Gasteiger partial charge in [0, 0.05) is 11.3 Å². The van der Waals surface area contributed by atoms with Crippen LogP contribution in [0.3, 0.4) is 0 Å². The molecular weight excluding hydrogens is 228 g/mol. The zero-order valence-corrected chi connectivity index (χ0v) is 12.3. The first kappa shape index (κ1) is 13.3. The summed E-state index contributed by atoms with van der Waals surface area (Å²) in [5, 5.41) is 4.81. The Kier molecular flexibility index (Phi) is 4.40. The normalized spacial score (nSPS) is 40.5. The fourth-order valence-corrected chi connectivity index (χ4v) is 4.01.